The zero-order chi connectivity index (χ0) is 25.6. The molecule has 1 aliphatic heterocycles. The van der Waals surface area contributed by atoms with Gasteiger partial charge in [0.15, 0.2) is 0 Å². The number of hydrogen-bond acceptors (Lipinski definition) is 1. The first-order valence-electron chi connectivity index (χ1n) is 13.5. The topological polar surface area (TPSA) is 4.93 Å². The SMILES string of the molecule is c1ccc(-n2c3ccccc3c3c4c(ccc32)C2(c3ccccc3Sc3ccccc32)c2ccccc2-4)cc1. The molecule has 7 aromatic rings. The van der Waals surface area contributed by atoms with E-state index in [1.165, 1.54) is 70.7 Å². The van der Waals surface area contributed by atoms with Gasteiger partial charge in [-0.2, -0.15) is 0 Å². The van der Waals surface area contributed by atoms with Gasteiger partial charge in [0.2, 0.25) is 0 Å². The van der Waals surface area contributed by atoms with Gasteiger partial charge in [0.05, 0.1) is 16.4 Å². The Balaban J connectivity index is 1.51. The maximum absolute atomic E-state index is 2.43. The normalized spacial score (nSPS) is 14.3. The molecule has 0 unspecified atom stereocenters. The maximum atomic E-state index is 2.43. The Bertz CT molecular complexity index is 2050. The third-order valence-corrected chi connectivity index (χ3v) is 9.81. The second-order valence-electron chi connectivity index (χ2n) is 10.5. The minimum absolute atomic E-state index is 0.353. The smallest absolute Gasteiger partial charge is 0.0735 e. The van der Waals surface area contributed by atoms with Gasteiger partial charge in [-0.1, -0.05) is 115 Å². The maximum Gasteiger partial charge on any atom is 0.0735 e. The van der Waals surface area contributed by atoms with E-state index >= 15 is 0 Å². The van der Waals surface area contributed by atoms with Gasteiger partial charge in [-0.25, -0.2) is 0 Å². The van der Waals surface area contributed by atoms with E-state index in [0.717, 1.165) is 0 Å². The molecule has 0 saturated carbocycles. The van der Waals surface area contributed by atoms with E-state index in [2.05, 4.69) is 144 Å². The summed E-state index contributed by atoms with van der Waals surface area (Å²) in [5, 5.41) is 2.64. The molecule has 2 heteroatoms. The Morgan fingerprint density at radius 3 is 1.85 bits per heavy atom. The van der Waals surface area contributed by atoms with E-state index < -0.39 is 0 Å². The fourth-order valence-electron chi connectivity index (χ4n) is 7.26. The number of aromatic nitrogens is 1. The van der Waals surface area contributed by atoms with Crippen molar-refractivity contribution in [3.8, 4) is 16.8 Å². The quantitative estimate of drug-likeness (QED) is 0.211. The van der Waals surface area contributed by atoms with Crippen LogP contribution in [0.25, 0.3) is 38.6 Å². The number of benzene rings is 6. The monoisotopic (exact) mass is 513 g/mol. The first kappa shape index (κ1) is 21.4. The van der Waals surface area contributed by atoms with Crippen LogP contribution in [0.2, 0.25) is 0 Å². The van der Waals surface area contributed by atoms with Crippen molar-refractivity contribution < 1.29 is 0 Å². The Labute approximate surface area is 231 Å². The molecule has 0 saturated heterocycles. The zero-order valence-corrected chi connectivity index (χ0v) is 22.0. The van der Waals surface area contributed by atoms with Crippen molar-refractivity contribution in [1.29, 1.82) is 0 Å². The highest BCUT2D eigenvalue weighted by Gasteiger charge is 2.50. The molecule has 0 radical (unpaired) electrons. The number of fused-ring (bicyclic) bond motifs is 13. The van der Waals surface area contributed by atoms with Crippen LogP contribution >= 0.6 is 11.8 Å². The van der Waals surface area contributed by atoms with Crippen molar-refractivity contribution in [2.45, 2.75) is 15.2 Å². The summed E-state index contributed by atoms with van der Waals surface area (Å²) in [6.07, 6.45) is 0. The van der Waals surface area contributed by atoms with E-state index in [0.29, 0.717) is 0 Å². The molecule has 2 heterocycles. The molecular weight excluding hydrogens is 490 g/mol. The van der Waals surface area contributed by atoms with Crippen molar-refractivity contribution in [3.63, 3.8) is 0 Å². The molecule has 39 heavy (non-hydrogen) atoms. The van der Waals surface area contributed by atoms with Gasteiger partial charge in [-0.05, 0) is 69.8 Å². The molecule has 1 aliphatic carbocycles. The van der Waals surface area contributed by atoms with E-state index in [1.54, 1.807) is 0 Å². The molecule has 0 atom stereocenters. The van der Waals surface area contributed by atoms with Gasteiger partial charge in [0.1, 0.15) is 0 Å². The van der Waals surface area contributed by atoms with Crippen LogP contribution < -0.4 is 0 Å². The Hall–Kier alpha value is -4.53. The summed E-state index contributed by atoms with van der Waals surface area (Å²) >= 11 is 1.90. The minimum atomic E-state index is -0.353. The van der Waals surface area contributed by atoms with Crippen LogP contribution in [0.5, 0.6) is 0 Å². The van der Waals surface area contributed by atoms with Gasteiger partial charge >= 0.3 is 0 Å². The molecule has 182 valence electrons. The molecule has 2 aliphatic rings. The van der Waals surface area contributed by atoms with Crippen molar-refractivity contribution in [3.05, 3.63) is 162 Å². The highest BCUT2D eigenvalue weighted by atomic mass is 32.2. The molecule has 0 N–H and O–H groups in total. The molecule has 1 nitrogen and oxygen atoms in total. The number of para-hydroxylation sites is 2. The summed E-state index contributed by atoms with van der Waals surface area (Å²) in [5.41, 5.74) is 11.6. The van der Waals surface area contributed by atoms with Crippen LogP contribution in [0.4, 0.5) is 0 Å². The van der Waals surface area contributed by atoms with Crippen molar-refractivity contribution in [2.24, 2.45) is 0 Å². The highest BCUT2D eigenvalue weighted by molar-refractivity contribution is 7.99. The molecule has 1 aromatic heterocycles. The van der Waals surface area contributed by atoms with Crippen molar-refractivity contribution >= 4 is 33.6 Å². The van der Waals surface area contributed by atoms with Crippen LogP contribution in [0.1, 0.15) is 22.3 Å². The summed E-state index contributed by atoms with van der Waals surface area (Å²) < 4.78 is 2.43. The van der Waals surface area contributed by atoms with Gasteiger partial charge in [-0.15, -0.1) is 0 Å². The highest BCUT2D eigenvalue weighted by Crippen LogP contribution is 2.63. The third-order valence-electron chi connectivity index (χ3n) is 8.66. The molecule has 0 amide bonds. The molecular formula is C37H23NS. The summed E-state index contributed by atoms with van der Waals surface area (Å²) in [6, 6.07) is 51.6. The Kier molecular flexibility index (Phi) is 4.26. The molecule has 6 aromatic carbocycles. The van der Waals surface area contributed by atoms with Crippen LogP contribution in [0.15, 0.2) is 149 Å². The molecule has 0 bridgehead atoms. The predicted molar refractivity (Wildman–Crippen MR) is 162 cm³/mol. The van der Waals surface area contributed by atoms with E-state index in [-0.39, 0.29) is 5.41 Å². The van der Waals surface area contributed by atoms with Gasteiger partial charge in [-0.3, -0.25) is 0 Å². The lowest BCUT2D eigenvalue weighted by atomic mass is 9.67. The van der Waals surface area contributed by atoms with Gasteiger partial charge in [0.25, 0.3) is 0 Å². The second kappa shape index (κ2) is 7.75. The average molecular weight is 514 g/mol. The fraction of sp³-hybridized carbons (Fsp3) is 0.0270. The van der Waals surface area contributed by atoms with Crippen molar-refractivity contribution in [2.75, 3.05) is 0 Å². The predicted octanol–water partition coefficient (Wildman–Crippen LogP) is 9.61. The average Bonchev–Trinajstić information content (AvgIpc) is 3.49. The van der Waals surface area contributed by atoms with Gasteiger partial charge < -0.3 is 4.57 Å². The van der Waals surface area contributed by atoms with Crippen LogP contribution in [-0.2, 0) is 5.41 Å². The lowest BCUT2D eigenvalue weighted by Gasteiger charge is -2.39. The minimum Gasteiger partial charge on any atom is -0.309 e. The standard InChI is InChI=1S/C37H23NS/c1-2-12-24(13-3-1)38-31-19-9-5-15-26(31)36-32(38)23-22-30-35(36)25-14-4-6-16-27(25)37(30)28-17-7-10-20-33(28)39-34-21-11-8-18-29(34)37/h1-23H. The fourth-order valence-corrected chi connectivity index (χ4v) is 8.45. The zero-order valence-electron chi connectivity index (χ0n) is 21.1. The van der Waals surface area contributed by atoms with Crippen LogP contribution in [0.3, 0.4) is 0 Å². The van der Waals surface area contributed by atoms with E-state index in [9.17, 15) is 0 Å². The molecule has 0 fully saturated rings. The van der Waals surface area contributed by atoms with Gasteiger partial charge in [0, 0.05) is 26.3 Å². The van der Waals surface area contributed by atoms with E-state index in [1.807, 2.05) is 11.8 Å². The van der Waals surface area contributed by atoms with E-state index in [4.69, 9.17) is 0 Å². The summed E-state index contributed by atoms with van der Waals surface area (Å²) in [7, 11) is 0. The molecule has 9 rings (SSSR count). The first-order valence-corrected chi connectivity index (χ1v) is 14.3. The third kappa shape index (κ3) is 2.62. The largest absolute Gasteiger partial charge is 0.309 e. The summed E-state index contributed by atoms with van der Waals surface area (Å²) in [6.45, 7) is 0. The van der Waals surface area contributed by atoms with Crippen LogP contribution in [-0.4, -0.2) is 4.57 Å². The number of hydrogen-bond donors (Lipinski definition) is 0. The lowest BCUT2D eigenvalue weighted by molar-refractivity contribution is 0.723. The number of nitrogens with zero attached hydrogens (tertiary/aromatic N) is 1. The van der Waals surface area contributed by atoms with Crippen molar-refractivity contribution in [1.82, 2.24) is 4.57 Å². The number of rotatable bonds is 1. The Morgan fingerprint density at radius 1 is 0.462 bits per heavy atom. The first-order chi connectivity index (χ1) is 19.4. The van der Waals surface area contributed by atoms with Crippen LogP contribution in [0, 0.1) is 0 Å². The summed E-state index contributed by atoms with van der Waals surface area (Å²) in [4.78, 5) is 2.68. The second-order valence-corrected chi connectivity index (χ2v) is 11.5. The lowest BCUT2D eigenvalue weighted by Crippen LogP contribution is -2.31. The Morgan fingerprint density at radius 2 is 1.08 bits per heavy atom. The molecule has 1 spiro atoms. The summed E-state index contributed by atoms with van der Waals surface area (Å²) in [5.74, 6) is 0.